The molecule has 1 N–H and O–H groups in total. The van der Waals surface area contributed by atoms with Crippen LogP contribution in [0.1, 0.15) is 48.2 Å². The maximum atomic E-state index is 5.67. The fourth-order valence-corrected chi connectivity index (χ4v) is 4.00. The van der Waals surface area contributed by atoms with Gasteiger partial charge in [-0.25, -0.2) is 4.98 Å². The smallest absolute Gasteiger partial charge is 0.236 e. The van der Waals surface area contributed by atoms with E-state index in [0.29, 0.717) is 6.04 Å². The monoisotopic (exact) mass is 288 g/mol. The Bertz CT molecular complexity index is 574. The van der Waals surface area contributed by atoms with Crippen LogP contribution in [0.4, 0.5) is 0 Å². The molecule has 0 saturated heterocycles. The highest BCUT2D eigenvalue weighted by atomic mass is 32.1. The van der Waals surface area contributed by atoms with Crippen molar-refractivity contribution in [3.8, 4) is 10.8 Å². The molecule has 3 nitrogen and oxygen atoms in total. The zero-order valence-electron chi connectivity index (χ0n) is 11.7. The highest BCUT2D eigenvalue weighted by Crippen LogP contribution is 2.34. The highest BCUT2D eigenvalue weighted by molar-refractivity contribution is 7.15. The first-order valence-corrected chi connectivity index (χ1v) is 8.50. The number of aromatic nitrogens is 1. The molecule has 0 radical (unpaired) electrons. The predicted octanol–water partition coefficient (Wildman–Crippen LogP) is 3.92. The second-order valence-electron chi connectivity index (χ2n) is 5.92. The summed E-state index contributed by atoms with van der Waals surface area (Å²) in [6.07, 6.45) is 10.9. The minimum Gasteiger partial charge on any atom is -0.444 e. The summed E-state index contributed by atoms with van der Waals surface area (Å²) in [5, 5.41) is 3.48. The number of hydrogen-bond acceptors (Lipinski definition) is 4. The van der Waals surface area contributed by atoms with E-state index in [-0.39, 0.29) is 0 Å². The molecule has 0 amide bonds. The first kappa shape index (κ1) is 12.6. The second-order valence-corrected chi connectivity index (χ2v) is 7.06. The van der Waals surface area contributed by atoms with E-state index in [1.807, 2.05) is 11.3 Å². The summed E-state index contributed by atoms with van der Waals surface area (Å²) in [6.45, 7) is 0.833. The number of nitrogens with one attached hydrogen (secondary N) is 1. The minimum absolute atomic E-state index is 0.716. The van der Waals surface area contributed by atoms with Crippen LogP contribution in [0.3, 0.4) is 0 Å². The van der Waals surface area contributed by atoms with Crippen molar-refractivity contribution in [3.05, 3.63) is 28.5 Å². The Kier molecular flexibility index (Phi) is 3.36. The Balaban J connectivity index is 1.51. The van der Waals surface area contributed by atoms with Gasteiger partial charge in [-0.3, -0.25) is 0 Å². The van der Waals surface area contributed by atoms with Crippen molar-refractivity contribution in [1.82, 2.24) is 10.3 Å². The molecule has 1 fully saturated rings. The molecule has 0 aliphatic heterocycles. The summed E-state index contributed by atoms with van der Waals surface area (Å²) in [5.74, 6) is 0.802. The van der Waals surface area contributed by atoms with Crippen LogP contribution in [0.2, 0.25) is 0 Å². The van der Waals surface area contributed by atoms with Crippen LogP contribution >= 0.6 is 11.3 Å². The molecule has 0 unspecified atom stereocenters. The van der Waals surface area contributed by atoms with Crippen LogP contribution in [-0.2, 0) is 19.4 Å². The van der Waals surface area contributed by atoms with Crippen molar-refractivity contribution in [2.24, 2.45) is 0 Å². The summed E-state index contributed by atoms with van der Waals surface area (Å²) >= 11 is 1.88. The number of aryl methyl sites for hydroxylation is 2. The van der Waals surface area contributed by atoms with Crippen molar-refractivity contribution >= 4 is 11.3 Å². The van der Waals surface area contributed by atoms with Crippen molar-refractivity contribution in [2.75, 3.05) is 0 Å². The molecule has 2 aliphatic carbocycles. The highest BCUT2D eigenvalue weighted by Gasteiger charge is 2.21. The third-order valence-corrected chi connectivity index (χ3v) is 5.38. The van der Waals surface area contributed by atoms with Gasteiger partial charge in [-0.2, -0.15) is 0 Å². The molecule has 1 saturated carbocycles. The van der Waals surface area contributed by atoms with Crippen molar-refractivity contribution in [3.63, 3.8) is 0 Å². The molecular formula is C16H20N2OS. The van der Waals surface area contributed by atoms with Crippen molar-refractivity contribution in [2.45, 2.75) is 57.5 Å². The van der Waals surface area contributed by atoms with E-state index < -0.39 is 0 Å². The van der Waals surface area contributed by atoms with E-state index in [1.165, 1.54) is 55.4 Å². The number of fused-ring (bicyclic) bond motifs is 1. The number of oxazole rings is 1. The predicted molar refractivity (Wildman–Crippen MR) is 80.9 cm³/mol. The quantitative estimate of drug-likeness (QED) is 0.866. The molecule has 4 heteroatoms. The molecule has 106 valence electrons. The van der Waals surface area contributed by atoms with Crippen molar-refractivity contribution in [1.29, 1.82) is 0 Å². The van der Waals surface area contributed by atoms with Crippen LogP contribution in [0.15, 0.2) is 16.7 Å². The Morgan fingerprint density at radius 1 is 1.25 bits per heavy atom. The molecule has 0 aromatic carbocycles. The lowest BCUT2D eigenvalue weighted by atomic mass is 10.1. The zero-order valence-corrected chi connectivity index (χ0v) is 12.5. The molecule has 2 aromatic heterocycles. The van der Waals surface area contributed by atoms with E-state index in [9.17, 15) is 0 Å². The topological polar surface area (TPSA) is 38.1 Å². The van der Waals surface area contributed by atoms with Gasteiger partial charge in [0, 0.05) is 17.5 Å². The molecule has 2 aromatic rings. The lowest BCUT2D eigenvalue weighted by Gasteiger charge is -1.96. The Morgan fingerprint density at radius 3 is 3.05 bits per heavy atom. The molecule has 20 heavy (non-hydrogen) atoms. The third-order valence-electron chi connectivity index (χ3n) is 4.16. The van der Waals surface area contributed by atoms with Gasteiger partial charge in [0.1, 0.15) is 6.26 Å². The second kappa shape index (κ2) is 5.34. The van der Waals surface area contributed by atoms with Gasteiger partial charge in [0.05, 0.1) is 10.6 Å². The lowest BCUT2D eigenvalue weighted by molar-refractivity contribution is 0.571. The van der Waals surface area contributed by atoms with Crippen LogP contribution < -0.4 is 5.32 Å². The van der Waals surface area contributed by atoms with E-state index in [0.717, 1.165) is 18.1 Å². The van der Waals surface area contributed by atoms with E-state index >= 15 is 0 Å². The number of nitrogens with zero attached hydrogens (tertiary/aromatic N) is 1. The molecule has 2 aliphatic rings. The van der Waals surface area contributed by atoms with Gasteiger partial charge in [-0.1, -0.05) is 6.42 Å². The summed E-state index contributed by atoms with van der Waals surface area (Å²) in [5.41, 5.74) is 2.55. The maximum absolute atomic E-state index is 5.67. The summed E-state index contributed by atoms with van der Waals surface area (Å²) < 4.78 is 5.67. The maximum Gasteiger partial charge on any atom is 0.236 e. The first-order valence-electron chi connectivity index (χ1n) is 7.68. The fourth-order valence-electron chi connectivity index (χ4n) is 2.81. The summed E-state index contributed by atoms with van der Waals surface area (Å²) in [7, 11) is 0. The molecule has 2 heterocycles. The van der Waals surface area contributed by atoms with Crippen LogP contribution in [0, 0.1) is 0 Å². The number of hydrogen-bond donors (Lipinski definition) is 1. The van der Waals surface area contributed by atoms with Gasteiger partial charge in [0.15, 0.2) is 0 Å². The molecule has 4 rings (SSSR count). The SMILES string of the molecule is c1oc(-c2cc3c(s2)CCCCC3)nc1CNC1CC1. The Morgan fingerprint density at radius 2 is 2.15 bits per heavy atom. The number of rotatable bonds is 4. The zero-order chi connectivity index (χ0) is 13.4. The molecule has 0 bridgehead atoms. The molecular weight excluding hydrogens is 268 g/mol. The summed E-state index contributed by atoms with van der Waals surface area (Å²) in [6, 6.07) is 3.02. The lowest BCUT2D eigenvalue weighted by Crippen LogP contribution is -2.15. The van der Waals surface area contributed by atoms with Gasteiger partial charge in [0.25, 0.3) is 0 Å². The van der Waals surface area contributed by atoms with E-state index in [1.54, 1.807) is 11.1 Å². The minimum atomic E-state index is 0.716. The molecule has 0 spiro atoms. The standard InChI is InChI=1S/C16H20N2OS/c1-2-4-11-8-15(20-14(11)5-3-1)16-18-13(10-19-16)9-17-12-6-7-12/h8,10,12,17H,1-7,9H2. The van der Waals surface area contributed by atoms with Gasteiger partial charge in [-0.05, 0) is 50.2 Å². The Hall–Kier alpha value is -1.13. The van der Waals surface area contributed by atoms with E-state index in [4.69, 9.17) is 4.42 Å². The average molecular weight is 288 g/mol. The molecule has 0 atom stereocenters. The normalized spacial score (nSPS) is 18.8. The largest absolute Gasteiger partial charge is 0.444 e. The van der Waals surface area contributed by atoms with Crippen LogP contribution in [0.5, 0.6) is 0 Å². The van der Waals surface area contributed by atoms with Gasteiger partial charge in [-0.15, -0.1) is 11.3 Å². The average Bonchev–Trinajstić information content (AvgIpc) is 3.10. The third kappa shape index (κ3) is 2.67. The fraction of sp³-hybridized carbons (Fsp3) is 0.562. The number of thiophene rings is 1. The van der Waals surface area contributed by atoms with Crippen LogP contribution in [0.25, 0.3) is 10.8 Å². The van der Waals surface area contributed by atoms with Crippen LogP contribution in [-0.4, -0.2) is 11.0 Å². The Labute approximate surface area is 123 Å². The summed E-state index contributed by atoms with van der Waals surface area (Å²) in [4.78, 5) is 7.38. The van der Waals surface area contributed by atoms with Crippen molar-refractivity contribution < 1.29 is 4.42 Å². The first-order chi connectivity index (χ1) is 9.88. The van der Waals surface area contributed by atoms with Gasteiger partial charge in [0.2, 0.25) is 5.89 Å². The van der Waals surface area contributed by atoms with Gasteiger partial charge >= 0.3 is 0 Å². The van der Waals surface area contributed by atoms with E-state index in [2.05, 4.69) is 16.4 Å². The van der Waals surface area contributed by atoms with Gasteiger partial charge < -0.3 is 9.73 Å².